The third-order valence-corrected chi connectivity index (χ3v) is 22.3. The molecule has 12 aromatic carbocycles. The Balaban J connectivity index is 0.000000135. The monoisotopic (exact) mass is 1820 g/mol. The van der Waals surface area contributed by atoms with Gasteiger partial charge in [-0.05, 0) is 95.1 Å². The maximum absolute atomic E-state index is 10.5. The van der Waals surface area contributed by atoms with E-state index in [1.165, 1.54) is 126 Å². The van der Waals surface area contributed by atoms with E-state index in [4.69, 9.17) is 56.8 Å². The lowest BCUT2D eigenvalue weighted by atomic mass is 9.93. The van der Waals surface area contributed by atoms with Crippen LogP contribution in [-0.4, -0.2) is 202 Å². The van der Waals surface area contributed by atoms with Gasteiger partial charge >= 0.3 is 0 Å². The van der Waals surface area contributed by atoms with E-state index in [0.717, 1.165) is 29.5 Å². The van der Waals surface area contributed by atoms with E-state index in [0.29, 0.717) is 107 Å². The fourth-order valence-electron chi connectivity index (χ4n) is 15.8. The normalized spacial score (nSPS) is 20.1. The van der Waals surface area contributed by atoms with Gasteiger partial charge in [0.1, 0.15) is 139 Å². The van der Waals surface area contributed by atoms with E-state index < -0.39 is 90.5 Å². The van der Waals surface area contributed by atoms with E-state index in [9.17, 15) is 123 Å². The summed E-state index contributed by atoms with van der Waals surface area (Å²) in [4.78, 5) is 0. The van der Waals surface area contributed by atoms with E-state index in [-0.39, 0.29) is 142 Å². The molecule has 6 heterocycles. The molecular formula is C96H96O36. The van der Waals surface area contributed by atoms with Crippen molar-refractivity contribution in [3.63, 3.8) is 0 Å². The number of benzene rings is 12. The highest BCUT2D eigenvalue weighted by Crippen LogP contribution is 2.52. The molecule has 18 rings (SSSR count). The molecule has 0 fully saturated rings. The Labute approximate surface area is 751 Å². The van der Waals surface area contributed by atoms with Crippen molar-refractivity contribution in [3.8, 4) is 172 Å². The van der Waals surface area contributed by atoms with E-state index in [2.05, 4.69) is 0 Å². The minimum atomic E-state index is -1.05. The highest BCUT2D eigenvalue weighted by molar-refractivity contribution is 5.61. The lowest BCUT2D eigenvalue weighted by Gasteiger charge is -2.31. The van der Waals surface area contributed by atoms with Crippen LogP contribution in [0.3, 0.4) is 0 Å². The fourth-order valence-corrected chi connectivity index (χ4v) is 15.8. The van der Waals surface area contributed by atoms with Crippen molar-refractivity contribution in [2.45, 2.75) is 112 Å². The van der Waals surface area contributed by atoms with Crippen LogP contribution in [0.25, 0.3) is 0 Å². The predicted molar refractivity (Wildman–Crippen MR) is 465 cm³/mol. The molecule has 0 saturated carbocycles. The third kappa shape index (κ3) is 20.7. The number of methoxy groups -OCH3 is 6. The molecule has 696 valence electrons. The predicted octanol–water partition coefficient (Wildman–Crippen LogP) is 11.1. The second kappa shape index (κ2) is 40.0. The van der Waals surface area contributed by atoms with Gasteiger partial charge < -0.3 is 179 Å². The molecule has 24 N–H and O–H groups in total. The average molecular weight is 1830 g/mol. The molecule has 12 aromatic rings. The molecule has 132 heavy (non-hydrogen) atoms. The molecule has 6 aliphatic heterocycles. The van der Waals surface area contributed by atoms with Gasteiger partial charge in [-0.2, -0.15) is 0 Å². The van der Waals surface area contributed by atoms with Crippen LogP contribution in [-0.2, 0) is 38.5 Å². The second-order valence-corrected chi connectivity index (χ2v) is 31.1. The summed E-state index contributed by atoms with van der Waals surface area (Å²) in [6.07, 6.45) is -8.43. The van der Waals surface area contributed by atoms with Gasteiger partial charge in [0.2, 0.25) is 5.75 Å². The molecule has 36 heteroatoms. The first-order valence-corrected chi connectivity index (χ1v) is 40.5. The number of fused-ring (bicyclic) bond motifs is 6. The summed E-state index contributed by atoms with van der Waals surface area (Å²) in [6, 6.07) is 44.3. The first-order valence-electron chi connectivity index (χ1n) is 40.5. The van der Waals surface area contributed by atoms with Crippen LogP contribution in [0, 0.1) is 0 Å². The molecule has 36 nitrogen and oxygen atoms in total. The van der Waals surface area contributed by atoms with Crippen LogP contribution in [0.2, 0.25) is 0 Å². The number of hydrogen-bond donors (Lipinski definition) is 24. The van der Waals surface area contributed by atoms with Crippen LogP contribution in [0.5, 0.6) is 172 Å². The number of ether oxygens (including phenoxy) is 12. The molecule has 0 saturated heterocycles. The molecule has 0 radical (unpaired) electrons. The number of aliphatic hydroxyl groups excluding tert-OH is 6. The summed E-state index contributed by atoms with van der Waals surface area (Å²) in [7, 11) is 9.18. The molecule has 0 amide bonds. The summed E-state index contributed by atoms with van der Waals surface area (Å²) in [5.74, 6) is 1.43. The summed E-state index contributed by atoms with van der Waals surface area (Å²) >= 11 is 0. The second-order valence-electron chi connectivity index (χ2n) is 31.1. The largest absolute Gasteiger partial charge is 0.508 e. The molecule has 0 unspecified atom stereocenters. The maximum Gasteiger partial charge on any atom is 0.203 e. The zero-order valence-electron chi connectivity index (χ0n) is 71.1. The molecule has 12 atom stereocenters. The zero-order chi connectivity index (χ0) is 95.1. The Bertz CT molecular complexity index is 6100. The van der Waals surface area contributed by atoms with Crippen LogP contribution < -0.4 is 56.8 Å². The number of rotatable bonds is 12. The SMILES string of the molecule is COc1cc([C@H]2Oc3cc(O)cc(O)c3C[C@H]2O)cc(OC)c1OC.COc1ccc([C@H]2Oc3cc(O)cc(O)c3C[C@H]2O)cc1.COc1ccc([C@H]2Oc3cc(O)cc(O)c3C[C@H]2O)cc1OC.Oc1cc(O)c2c(c1)O[C@H](c1cc(O)c(O)c(O)c1)[C@H](O)C2.Oc1cc(O)c2c(c1)O[C@H](c1ccc(O)c(O)c1)[C@H](O)C2.Oc1ccc([C@H]2Oc3cc(O)cc(O)c3C[C@H]2O)cc1. The number of aliphatic hydroxyl groups is 6. The average Bonchev–Trinajstić information content (AvgIpc) is 0.777. The first-order chi connectivity index (χ1) is 62.9. The molecule has 6 aliphatic rings. The maximum atomic E-state index is 10.5. The molecular weight excluding hydrogens is 1730 g/mol. The van der Waals surface area contributed by atoms with Gasteiger partial charge in [-0.1, -0.05) is 36.4 Å². The number of aromatic hydroxyl groups is 18. The lowest BCUT2D eigenvalue weighted by Crippen LogP contribution is -2.30. The van der Waals surface area contributed by atoms with Gasteiger partial charge in [0.05, 0.1) is 79.3 Å². The van der Waals surface area contributed by atoms with Crippen LogP contribution in [0.1, 0.15) is 103 Å². The van der Waals surface area contributed by atoms with Crippen molar-refractivity contribution in [3.05, 3.63) is 249 Å². The topological polar surface area (TPSA) is 596 Å². The van der Waals surface area contributed by atoms with Crippen molar-refractivity contribution in [2.75, 3.05) is 42.7 Å². The fraction of sp³-hybridized carbons (Fsp3) is 0.250. The van der Waals surface area contributed by atoms with Crippen molar-refractivity contribution in [1.29, 1.82) is 0 Å². The van der Waals surface area contributed by atoms with Crippen molar-refractivity contribution in [1.82, 2.24) is 0 Å². The number of hydrogen-bond acceptors (Lipinski definition) is 36. The number of phenolic OH excluding ortho intramolecular Hbond substituents is 18. The van der Waals surface area contributed by atoms with Gasteiger partial charge in [-0.3, -0.25) is 0 Å². The van der Waals surface area contributed by atoms with Gasteiger partial charge in [0, 0.05) is 156 Å². The summed E-state index contributed by atoms with van der Waals surface area (Å²) in [5, 5.41) is 235. The summed E-state index contributed by atoms with van der Waals surface area (Å²) in [6.45, 7) is 0. The van der Waals surface area contributed by atoms with Crippen LogP contribution in [0.4, 0.5) is 0 Å². The highest BCUT2D eigenvalue weighted by Gasteiger charge is 2.40. The van der Waals surface area contributed by atoms with Crippen LogP contribution in [0.15, 0.2) is 182 Å². The van der Waals surface area contributed by atoms with Gasteiger partial charge in [-0.15, -0.1) is 0 Å². The van der Waals surface area contributed by atoms with Crippen molar-refractivity contribution in [2.24, 2.45) is 0 Å². The van der Waals surface area contributed by atoms with E-state index >= 15 is 0 Å². The Hall–Kier alpha value is -15.6. The van der Waals surface area contributed by atoms with Gasteiger partial charge in [-0.25, -0.2) is 0 Å². The summed E-state index contributed by atoms with van der Waals surface area (Å²) < 4.78 is 65.8. The molecule has 0 aromatic heterocycles. The Kier molecular flexibility index (Phi) is 28.5. The minimum absolute atomic E-state index is 0.0640. The summed E-state index contributed by atoms with van der Waals surface area (Å²) in [5.41, 5.74) is 6.25. The molecule has 0 aliphatic carbocycles. The Morgan fingerprint density at radius 2 is 0.455 bits per heavy atom. The first kappa shape index (κ1) is 94.0. The van der Waals surface area contributed by atoms with Gasteiger partial charge in [0.15, 0.2) is 64.0 Å². The van der Waals surface area contributed by atoms with E-state index in [1.54, 1.807) is 68.8 Å². The van der Waals surface area contributed by atoms with Crippen molar-refractivity contribution >= 4 is 0 Å². The van der Waals surface area contributed by atoms with E-state index in [1.807, 2.05) is 12.1 Å². The standard InChI is InChI=1S/C18H20O7.C17H18O6.C16H16O5.C15H14O7.C15H14O6.C15H14O5/c1-22-15-4-9(5-16(23-2)18(15)24-3)17-13(21)8-11-12(20)6-10(19)7-14(11)25-17;1-21-14-4-3-9(5-16(14)22-2)17-13(20)8-11-12(19)6-10(18)7-15(11)23-17;1-20-11-4-2-9(3-5-11)16-14(19)8-12-13(18)6-10(17)7-15(12)21-16;16-7-3-9(17)8-5-12(20)15(22-13(8)4-7)6-1-10(18)14(21)11(19)2-6;16-8-4-11(18)9-6-13(20)15(21-14(9)5-8)7-1-2-10(17)12(19)3-7;16-9-3-1-8(2-4-9)15-13(19)7-11-12(18)5-10(17)6-14(11)20-15/h4-7,13,17,19-21H,8H2,1-3H3;3-7,13,17-20H,8H2,1-2H3;2-7,14,16-19H,8H2,1H3;1-4,12,15-21H,5H2;1-5,13,15-20H,6H2;1-6,13,15-19H,7H2/t2*13-,17-;14-,16-;12-,15-;2*13-,15-/m111111/s1. The molecule has 0 bridgehead atoms. The smallest absolute Gasteiger partial charge is 0.203 e. The third-order valence-electron chi connectivity index (χ3n) is 22.3. The van der Waals surface area contributed by atoms with Gasteiger partial charge in [0.25, 0.3) is 0 Å². The zero-order valence-corrected chi connectivity index (χ0v) is 71.1. The Morgan fingerprint density at radius 3 is 0.742 bits per heavy atom. The van der Waals surface area contributed by atoms with Crippen LogP contribution >= 0.6 is 0 Å². The molecule has 0 spiro atoms. The number of phenols is 18. The quantitative estimate of drug-likeness (QED) is 0.0505. The minimum Gasteiger partial charge on any atom is -0.508 e. The Morgan fingerprint density at radius 1 is 0.205 bits per heavy atom. The lowest BCUT2D eigenvalue weighted by molar-refractivity contribution is 0.0195. The highest BCUT2D eigenvalue weighted by atomic mass is 16.6. The van der Waals surface area contributed by atoms with Crippen molar-refractivity contribution < 1.29 is 179 Å².